The summed E-state index contributed by atoms with van der Waals surface area (Å²) in [5.41, 5.74) is 1.25. The molecular weight excluding hydrogens is 288 g/mol. The SMILES string of the molecule is CCN(C(=O)c1cnccc1Cl)C(C)c1cccc(O)c1. The molecule has 0 spiro atoms. The minimum absolute atomic E-state index is 0.175. The molecule has 0 aliphatic heterocycles. The second-order valence-electron chi connectivity index (χ2n) is 4.72. The van der Waals surface area contributed by atoms with Gasteiger partial charge in [-0.25, -0.2) is 0 Å². The second-order valence-corrected chi connectivity index (χ2v) is 5.12. The largest absolute Gasteiger partial charge is 0.508 e. The molecule has 1 N–H and O–H groups in total. The third kappa shape index (κ3) is 3.34. The maximum absolute atomic E-state index is 12.6. The van der Waals surface area contributed by atoms with Crippen molar-refractivity contribution in [2.45, 2.75) is 19.9 Å². The normalized spacial score (nSPS) is 12.0. The summed E-state index contributed by atoms with van der Waals surface area (Å²) < 4.78 is 0. The Bertz CT molecular complexity index is 646. The highest BCUT2D eigenvalue weighted by molar-refractivity contribution is 6.33. The first kappa shape index (κ1) is 15.3. The summed E-state index contributed by atoms with van der Waals surface area (Å²) in [6, 6.07) is 8.33. The molecule has 0 aliphatic carbocycles. The highest BCUT2D eigenvalue weighted by Gasteiger charge is 2.23. The van der Waals surface area contributed by atoms with E-state index < -0.39 is 0 Å². The van der Waals surface area contributed by atoms with Crippen LogP contribution in [0.1, 0.15) is 35.8 Å². The summed E-state index contributed by atoms with van der Waals surface area (Å²) in [5, 5.41) is 9.97. The lowest BCUT2D eigenvalue weighted by Gasteiger charge is -2.28. The van der Waals surface area contributed by atoms with Crippen molar-refractivity contribution < 1.29 is 9.90 Å². The van der Waals surface area contributed by atoms with E-state index in [2.05, 4.69) is 4.98 Å². The zero-order chi connectivity index (χ0) is 15.4. The first-order valence-corrected chi connectivity index (χ1v) is 7.11. The van der Waals surface area contributed by atoms with Crippen molar-refractivity contribution in [1.82, 2.24) is 9.88 Å². The molecule has 110 valence electrons. The van der Waals surface area contributed by atoms with Crippen LogP contribution in [0.3, 0.4) is 0 Å². The number of phenols is 1. The molecule has 5 heteroatoms. The fourth-order valence-corrected chi connectivity index (χ4v) is 2.43. The number of rotatable bonds is 4. The van der Waals surface area contributed by atoms with Gasteiger partial charge in [0, 0.05) is 18.9 Å². The molecule has 1 unspecified atom stereocenters. The standard InChI is InChI=1S/C16H17ClN2O2/c1-3-19(11(2)12-5-4-6-13(20)9-12)16(21)14-10-18-8-7-15(14)17/h4-11,20H,3H2,1-2H3. The monoisotopic (exact) mass is 304 g/mol. The third-order valence-electron chi connectivity index (χ3n) is 3.42. The Hall–Kier alpha value is -2.07. The number of phenolic OH excluding ortho intramolecular Hbond substituents is 1. The van der Waals surface area contributed by atoms with E-state index in [4.69, 9.17) is 11.6 Å². The smallest absolute Gasteiger partial charge is 0.257 e. The fourth-order valence-electron chi connectivity index (χ4n) is 2.25. The number of pyridine rings is 1. The maximum Gasteiger partial charge on any atom is 0.257 e. The first-order valence-electron chi connectivity index (χ1n) is 6.74. The van der Waals surface area contributed by atoms with Crippen molar-refractivity contribution in [3.05, 3.63) is 58.9 Å². The number of benzene rings is 1. The first-order chi connectivity index (χ1) is 10.0. The molecule has 4 nitrogen and oxygen atoms in total. The highest BCUT2D eigenvalue weighted by Crippen LogP contribution is 2.26. The molecule has 0 fully saturated rings. The summed E-state index contributed by atoms with van der Waals surface area (Å²) in [7, 11) is 0. The van der Waals surface area contributed by atoms with Gasteiger partial charge < -0.3 is 10.0 Å². The summed E-state index contributed by atoms with van der Waals surface area (Å²) >= 11 is 6.07. The van der Waals surface area contributed by atoms with Crippen LogP contribution in [-0.2, 0) is 0 Å². The highest BCUT2D eigenvalue weighted by atomic mass is 35.5. The molecular formula is C16H17ClN2O2. The Labute approximate surface area is 129 Å². The quantitative estimate of drug-likeness (QED) is 0.937. The van der Waals surface area contributed by atoms with E-state index in [1.54, 1.807) is 35.4 Å². The van der Waals surface area contributed by atoms with E-state index in [0.717, 1.165) is 5.56 Å². The Morgan fingerprint density at radius 2 is 2.19 bits per heavy atom. The summed E-state index contributed by atoms with van der Waals surface area (Å²) in [6.45, 7) is 4.35. The van der Waals surface area contributed by atoms with Gasteiger partial charge in [0.1, 0.15) is 5.75 Å². The van der Waals surface area contributed by atoms with Crippen LogP contribution in [0, 0.1) is 0 Å². The van der Waals surface area contributed by atoms with E-state index >= 15 is 0 Å². The van der Waals surface area contributed by atoms with Crippen LogP contribution in [0.25, 0.3) is 0 Å². The molecule has 0 bridgehead atoms. The van der Waals surface area contributed by atoms with Crippen LogP contribution in [-0.4, -0.2) is 27.4 Å². The molecule has 1 amide bonds. The minimum atomic E-state index is -0.175. The molecule has 2 aromatic rings. The number of hydrogen-bond donors (Lipinski definition) is 1. The molecule has 0 saturated carbocycles. The molecule has 1 aromatic heterocycles. The van der Waals surface area contributed by atoms with Gasteiger partial charge in [0.15, 0.2) is 0 Å². The third-order valence-corrected chi connectivity index (χ3v) is 3.75. The Morgan fingerprint density at radius 3 is 2.81 bits per heavy atom. The van der Waals surface area contributed by atoms with Crippen molar-refractivity contribution in [1.29, 1.82) is 0 Å². The lowest BCUT2D eigenvalue weighted by molar-refractivity contribution is 0.0702. The number of halogens is 1. The van der Waals surface area contributed by atoms with Gasteiger partial charge in [-0.05, 0) is 37.6 Å². The fraction of sp³-hybridized carbons (Fsp3) is 0.250. The molecule has 21 heavy (non-hydrogen) atoms. The van der Waals surface area contributed by atoms with Crippen LogP contribution in [0.2, 0.25) is 5.02 Å². The summed E-state index contributed by atoms with van der Waals surface area (Å²) in [4.78, 5) is 18.3. The van der Waals surface area contributed by atoms with E-state index in [1.807, 2.05) is 19.9 Å². The molecule has 0 aliphatic rings. The lowest BCUT2D eigenvalue weighted by Crippen LogP contribution is -2.33. The van der Waals surface area contributed by atoms with Gasteiger partial charge >= 0.3 is 0 Å². The van der Waals surface area contributed by atoms with Crippen LogP contribution >= 0.6 is 11.6 Å². The number of carbonyl (C=O) groups is 1. The van der Waals surface area contributed by atoms with Crippen molar-refractivity contribution in [2.24, 2.45) is 0 Å². The van der Waals surface area contributed by atoms with Crippen molar-refractivity contribution in [2.75, 3.05) is 6.54 Å². The zero-order valence-electron chi connectivity index (χ0n) is 12.0. The Kier molecular flexibility index (Phi) is 4.81. The molecule has 1 aromatic carbocycles. The van der Waals surface area contributed by atoms with E-state index in [0.29, 0.717) is 17.1 Å². The predicted octanol–water partition coefficient (Wildman–Crippen LogP) is 3.66. The molecule has 0 saturated heterocycles. The number of hydrogen-bond acceptors (Lipinski definition) is 3. The van der Waals surface area contributed by atoms with Gasteiger partial charge in [-0.2, -0.15) is 0 Å². The average molecular weight is 305 g/mol. The number of aromatic nitrogens is 1. The number of carbonyl (C=O) groups excluding carboxylic acids is 1. The Balaban J connectivity index is 2.31. The van der Waals surface area contributed by atoms with Gasteiger partial charge in [0.2, 0.25) is 0 Å². The number of amides is 1. The number of nitrogens with zero attached hydrogens (tertiary/aromatic N) is 2. The van der Waals surface area contributed by atoms with Crippen molar-refractivity contribution >= 4 is 17.5 Å². The summed E-state index contributed by atoms with van der Waals surface area (Å²) in [6.07, 6.45) is 3.02. The molecule has 1 heterocycles. The summed E-state index contributed by atoms with van der Waals surface area (Å²) in [5.74, 6) is 0.00806. The predicted molar refractivity (Wildman–Crippen MR) is 82.5 cm³/mol. The van der Waals surface area contributed by atoms with E-state index in [-0.39, 0.29) is 17.7 Å². The van der Waals surface area contributed by atoms with Crippen LogP contribution in [0.5, 0.6) is 5.75 Å². The van der Waals surface area contributed by atoms with Gasteiger partial charge in [-0.1, -0.05) is 23.7 Å². The van der Waals surface area contributed by atoms with Gasteiger partial charge in [0.05, 0.1) is 16.6 Å². The van der Waals surface area contributed by atoms with Crippen LogP contribution < -0.4 is 0 Å². The molecule has 2 rings (SSSR count). The molecule has 1 atom stereocenters. The van der Waals surface area contributed by atoms with Gasteiger partial charge in [-0.15, -0.1) is 0 Å². The minimum Gasteiger partial charge on any atom is -0.508 e. The van der Waals surface area contributed by atoms with Crippen molar-refractivity contribution in [3.63, 3.8) is 0 Å². The van der Waals surface area contributed by atoms with Crippen molar-refractivity contribution in [3.8, 4) is 5.75 Å². The van der Waals surface area contributed by atoms with Gasteiger partial charge in [0.25, 0.3) is 5.91 Å². The van der Waals surface area contributed by atoms with Gasteiger partial charge in [-0.3, -0.25) is 9.78 Å². The van der Waals surface area contributed by atoms with E-state index in [1.165, 1.54) is 6.20 Å². The maximum atomic E-state index is 12.6. The average Bonchev–Trinajstić information content (AvgIpc) is 2.48. The molecule has 0 radical (unpaired) electrons. The lowest BCUT2D eigenvalue weighted by atomic mass is 10.1. The topological polar surface area (TPSA) is 53.4 Å². The second kappa shape index (κ2) is 6.59. The number of aromatic hydroxyl groups is 1. The zero-order valence-corrected chi connectivity index (χ0v) is 12.7. The van der Waals surface area contributed by atoms with E-state index in [9.17, 15) is 9.90 Å². The Morgan fingerprint density at radius 1 is 1.43 bits per heavy atom. The van der Waals surface area contributed by atoms with Crippen LogP contribution in [0.4, 0.5) is 0 Å². The van der Waals surface area contributed by atoms with Crippen LogP contribution in [0.15, 0.2) is 42.7 Å².